The molecule has 1 fully saturated rings. The van der Waals surface area contributed by atoms with Gasteiger partial charge in [-0.05, 0) is 42.7 Å². The predicted molar refractivity (Wildman–Crippen MR) is 92.1 cm³/mol. The minimum Gasteiger partial charge on any atom is -0.481 e. The van der Waals surface area contributed by atoms with Gasteiger partial charge in [0.1, 0.15) is 0 Å². The summed E-state index contributed by atoms with van der Waals surface area (Å²) in [6.07, 6.45) is 0. The first kappa shape index (κ1) is 16.2. The van der Waals surface area contributed by atoms with E-state index in [4.69, 9.17) is 0 Å². The maximum Gasteiger partial charge on any atom is 0.308 e. The molecule has 4 heteroatoms. The number of amides is 1. The standard InChI is InChI=1S/C20H21NO3/c1-13-8-9-16(10-14(13)2)19(22)21-11-17(18(12-21)20(23)24)15-6-4-3-5-7-15/h3-10,17-18H,11-12H2,1-2H3,(H,23,24). The number of carbonyl (C=O) groups excluding carboxylic acids is 1. The van der Waals surface area contributed by atoms with E-state index in [1.165, 1.54) is 0 Å². The van der Waals surface area contributed by atoms with Crippen LogP contribution in [-0.4, -0.2) is 35.0 Å². The molecule has 0 bridgehead atoms. The van der Waals surface area contributed by atoms with Crippen molar-refractivity contribution in [2.75, 3.05) is 13.1 Å². The SMILES string of the molecule is Cc1ccc(C(=O)N2CC(C(=O)O)C(c3ccccc3)C2)cc1C. The molecule has 1 N–H and O–H groups in total. The third-order valence-corrected chi connectivity index (χ3v) is 4.91. The fourth-order valence-electron chi connectivity index (χ4n) is 3.31. The second-order valence-electron chi connectivity index (χ2n) is 6.47. The van der Waals surface area contributed by atoms with Crippen molar-refractivity contribution >= 4 is 11.9 Å². The van der Waals surface area contributed by atoms with Gasteiger partial charge in [-0.25, -0.2) is 0 Å². The van der Waals surface area contributed by atoms with E-state index in [-0.39, 0.29) is 18.4 Å². The molecule has 2 aromatic rings. The molecule has 1 aliphatic heterocycles. The number of carboxylic acid groups (broad SMARTS) is 1. The monoisotopic (exact) mass is 323 g/mol. The minimum absolute atomic E-state index is 0.0946. The van der Waals surface area contributed by atoms with Gasteiger partial charge in [0, 0.05) is 24.6 Å². The third kappa shape index (κ3) is 3.04. The summed E-state index contributed by atoms with van der Waals surface area (Å²) in [5.41, 5.74) is 3.80. The first-order chi connectivity index (χ1) is 11.5. The van der Waals surface area contributed by atoms with Gasteiger partial charge in [0.25, 0.3) is 5.91 Å². The lowest BCUT2D eigenvalue weighted by Crippen LogP contribution is -2.30. The number of hydrogen-bond donors (Lipinski definition) is 1. The molecule has 2 unspecified atom stereocenters. The molecule has 3 rings (SSSR count). The number of rotatable bonds is 3. The normalized spacial score (nSPS) is 20.2. The Hall–Kier alpha value is -2.62. The van der Waals surface area contributed by atoms with Crippen LogP contribution in [0.2, 0.25) is 0 Å². The Balaban J connectivity index is 1.86. The number of nitrogens with zero attached hydrogens (tertiary/aromatic N) is 1. The summed E-state index contributed by atoms with van der Waals surface area (Å²) in [4.78, 5) is 26.1. The van der Waals surface area contributed by atoms with Gasteiger partial charge in [-0.15, -0.1) is 0 Å². The number of likely N-dealkylation sites (tertiary alicyclic amines) is 1. The lowest BCUT2D eigenvalue weighted by molar-refractivity contribution is -0.141. The van der Waals surface area contributed by atoms with Gasteiger partial charge in [-0.1, -0.05) is 36.4 Å². The molecule has 2 aromatic carbocycles. The smallest absolute Gasteiger partial charge is 0.308 e. The average molecular weight is 323 g/mol. The van der Waals surface area contributed by atoms with Crippen LogP contribution in [0.15, 0.2) is 48.5 Å². The number of carboxylic acids is 1. The van der Waals surface area contributed by atoms with Gasteiger partial charge in [0.15, 0.2) is 0 Å². The quantitative estimate of drug-likeness (QED) is 0.943. The highest BCUT2D eigenvalue weighted by Gasteiger charge is 2.40. The lowest BCUT2D eigenvalue weighted by atomic mass is 9.89. The Kier molecular flexibility index (Phi) is 4.38. The first-order valence-electron chi connectivity index (χ1n) is 8.11. The lowest BCUT2D eigenvalue weighted by Gasteiger charge is -2.17. The summed E-state index contributed by atoms with van der Waals surface area (Å²) in [6.45, 7) is 4.67. The molecule has 4 nitrogen and oxygen atoms in total. The molecular formula is C20H21NO3. The molecular weight excluding hydrogens is 302 g/mol. The van der Waals surface area contributed by atoms with Gasteiger partial charge in [-0.3, -0.25) is 9.59 Å². The third-order valence-electron chi connectivity index (χ3n) is 4.91. The van der Waals surface area contributed by atoms with Gasteiger partial charge in [0.2, 0.25) is 0 Å². The molecule has 0 saturated carbocycles. The van der Waals surface area contributed by atoms with Gasteiger partial charge < -0.3 is 10.0 Å². The number of carbonyl (C=O) groups is 2. The zero-order chi connectivity index (χ0) is 17.3. The van der Waals surface area contributed by atoms with E-state index >= 15 is 0 Å². The van der Waals surface area contributed by atoms with Crippen molar-refractivity contribution in [2.45, 2.75) is 19.8 Å². The molecule has 0 spiro atoms. The van der Waals surface area contributed by atoms with Crippen molar-refractivity contribution in [1.29, 1.82) is 0 Å². The molecule has 1 heterocycles. The number of benzene rings is 2. The zero-order valence-corrected chi connectivity index (χ0v) is 13.9. The topological polar surface area (TPSA) is 57.6 Å². The second-order valence-corrected chi connectivity index (χ2v) is 6.47. The molecule has 124 valence electrons. The van der Waals surface area contributed by atoms with Crippen LogP contribution in [0.25, 0.3) is 0 Å². The summed E-state index contributed by atoms with van der Waals surface area (Å²) in [5.74, 6) is -1.68. The van der Waals surface area contributed by atoms with Crippen molar-refractivity contribution in [3.8, 4) is 0 Å². The van der Waals surface area contributed by atoms with Gasteiger partial charge in [-0.2, -0.15) is 0 Å². The van der Waals surface area contributed by atoms with Gasteiger partial charge in [0.05, 0.1) is 5.92 Å². The Bertz CT molecular complexity index is 770. The van der Waals surface area contributed by atoms with Crippen molar-refractivity contribution < 1.29 is 14.7 Å². The van der Waals surface area contributed by atoms with Crippen LogP contribution in [-0.2, 0) is 4.79 Å². The highest BCUT2D eigenvalue weighted by molar-refractivity contribution is 5.95. The van der Waals surface area contributed by atoms with Crippen molar-refractivity contribution in [2.24, 2.45) is 5.92 Å². The Morgan fingerprint density at radius 3 is 2.33 bits per heavy atom. The highest BCUT2D eigenvalue weighted by atomic mass is 16.4. The van der Waals surface area contributed by atoms with Gasteiger partial charge >= 0.3 is 5.97 Å². The van der Waals surface area contributed by atoms with Crippen LogP contribution >= 0.6 is 0 Å². The van der Waals surface area contributed by atoms with E-state index < -0.39 is 11.9 Å². The maximum atomic E-state index is 12.8. The molecule has 0 radical (unpaired) electrons. The van der Waals surface area contributed by atoms with E-state index in [1.54, 1.807) is 4.90 Å². The largest absolute Gasteiger partial charge is 0.481 e. The van der Waals surface area contributed by atoms with E-state index in [0.717, 1.165) is 16.7 Å². The first-order valence-corrected chi connectivity index (χ1v) is 8.11. The van der Waals surface area contributed by atoms with E-state index in [9.17, 15) is 14.7 Å². The average Bonchev–Trinajstić information content (AvgIpc) is 3.03. The number of aryl methyl sites for hydroxylation is 2. The summed E-state index contributed by atoms with van der Waals surface area (Å²) in [6, 6.07) is 15.2. The van der Waals surface area contributed by atoms with Crippen LogP contribution in [0.4, 0.5) is 0 Å². The minimum atomic E-state index is -0.848. The summed E-state index contributed by atoms with van der Waals surface area (Å²) in [7, 11) is 0. The number of aliphatic carboxylic acids is 1. The fourth-order valence-corrected chi connectivity index (χ4v) is 3.31. The Morgan fingerprint density at radius 1 is 1.00 bits per heavy atom. The predicted octanol–water partition coefficient (Wildman–Crippen LogP) is 3.24. The summed E-state index contributed by atoms with van der Waals surface area (Å²) in [5, 5.41) is 9.56. The number of hydrogen-bond acceptors (Lipinski definition) is 2. The molecule has 1 aliphatic rings. The van der Waals surface area contributed by atoms with Crippen molar-refractivity contribution in [1.82, 2.24) is 4.90 Å². The van der Waals surface area contributed by atoms with Crippen LogP contribution in [0.1, 0.15) is 33.0 Å². The fraction of sp³-hybridized carbons (Fsp3) is 0.300. The summed E-state index contributed by atoms with van der Waals surface area (Å²) >= 11 is 0. The van der Waals surface area contributed by atoms with E-state index in [2.05, 4.69) is 0 Å². The molecule has 1 amide bonds. The van der Waals surface area contributed by atoms with E-state index in [0.29, 0.717) is 12.1 Å². The molecule has 24 heavy (non-hydrogen) atoms. The van der Waals surface area contributed by atoms with Crippen molar-refractivity contribution in [3.05, 3.63) is 70.8 Å². The second kappa shape index (κ2) is 6.48. The molecule has 0 aliphatic carbocycles. The van der Waals surface area contributed by atoms with E-state index in [1.807, 2.05) is 62.4 Å². The molecule has 0 aromatic heterocycles. The van der Waals surface area contributed by atoms with Crippen LogP contribution in [0, 0.1) is 19.8 Å². The molecule has 2 atom stereocenters. The summed E-state index contributed by atoms with van der Waals surface area (Å²) < 4.78 is 0. The van der Waals surface area contributed by atoms with Crippen molar-refractivity contribution in [3.63, 3.8) is 0 Å². The zero-order valence-electron chi connectivity index (χ0n) is 13.9. The maximum absolute atomic E-state index is 12.8. The van der Waals surface area contributed by atoms with Crippen LogP contribution in [0.5, 0.6) is 0 Å². The van der Waals surface area contributed by atoms with Crippen LogP contribution < -0.4 is 0 Å². The molecule has 1 saturated heterocycles. The Labute approximate surface area is 141 Å². The highest BCUT2D eigenvalue weighted by Crippen LogP contribution is 2.33. The Morgan fingerprint density at radius 2 is 1.71 bits per heavy atom. The van der Waals surface area contributed by atoms with Crippen LogP contribution in [0.3, 0.4) is 0 Å².